The lowest BCUT2D eigenvalue weighted by Crippen LogP contribution is -2.28. The van der Waals surface area contributed by atoms with Gasteiger partial charge in [-0.3, -0.25) is 16.0 Å². The Bertz CT molecular complexity index is 555. The summed E-state index contributed by atoms with van der Waals surface area (Å²) >= 11 is 9.72. The van der Waals surface area contributed by atoms with E-state index in [2.05, 4.69) is 26.5 Å². The highest BCUT2D eigenvalue weighted by Gasteiger charge is 2.15. The number of hydrogen-bond acceptors (Lipinski definition) is 3. The molecular weight excluding hydrogens is 328 g/mol. The zero-order valence-electron chi connectivity index (χ0n) is 10.6. The highest BCUT2D eigenvalue weighted by Crippen LogP contribution is 2.31. The van der Waals surface area contributed by atoms with Gasteiger partial charge in [-0.25, -0.2) is 0 Å². The van der Waals surface area contributed by atoms with E-state index < -0.39 is 0 Å². The average Bonchev–Trinajstić information content (AvgIpc) is 2.81. The largest absolute Gasteiger partial charge is 0.276 e. The van der Waals surface area contributed by atoms with Gasteiger partial charge in [0.05, 0.1) is 11.2 Å². The molecule has 0 radical (unpaired) electrons. The summed E-state index contributed by atoms with van der Waals surface area (Å²) in [5.41, 5.74) is 5.02. The fourth-order valence-electron chi connectivity index (χ4n) is 2.03. The lowest BCUT2D eigenvalue weighted by molar-refractivity contribution is 0.516. The van der Waals surface area contributed by atoms with Crippen molar-refractivity contribution in [2.24, 2.45) is 12.9 Å². The van der Waals surface area contributed by atoms with E-state index in [-0.39, 0.29) is 6.04 Å². The third-order valence-electron chi connectivity index (χ3n) is 3.04. The molecule has 0 amide bonds. The smallest absolute Gasteiger partial charge is 0.0596 e. The van der Waals surface area contributed by atoms with E-state index in [1.807, 2.05) is 37.6 Å². The van der Waals surface area contributed by atoms with Crippen molar-refractivity contribution in [3.63, 3.8) is 0 Å². The molecule has 4 nitrogen and oxygen atoms in total. The molecule has 2 aromatic rings. The van der Waals surface area contributed by atoms with Gasteiger partial charge in [-0.1, -0.05) is 23.7 Å². The van der Waals surface area contributed by atoms with Gasteiger partial charge < -0.3 is 0 Å². The number of hydrogen-bond donors (Lipinski definition) is 2. The Morgan fingerprint density at radius 1 is 1.53 bits per heavy atom. The second-order valence-corrected chi connectivity index (χ2v) is 5.66. The Labute approximate surface area is 126 Å². The van der Waals surface area contributed by atoms with Crippen molar-refractivity contribution >= 4 is 27.5 Å². The van der Waals surface area contributed by atoms with E-state index in [0.717, 1.165) is 22.9 Å². The number of aromatic nitrogens is 2. The molecule has 1 unspecified atom stereocenters. The van der Waals surface area contributed by atoms with Crippen LogP contribution in [0.15, 0.2) is 35.1 Å². The fourth-order valence-corrected chi connectivity index (χ4v) is 2.67. The van der Waals surface area contributed by atoms with Crippen LogP contribution in [0, 0.1) is 0 Å². The van der Waals surface area contributed by atoms with Crippen molar-refractivity contribution in [2.45, 2.75) is 18.9 Å². The Hall–Kier alpha value is -0.880. The van der Waals surface area contributed by atoms with E-state index in [4.69, 9.17) is 17.4 Å². The quantitative estimate of drug-likeness (QED) is 0.648. The summed E-state index contributed by atoms with van der Waals surface area (Å²) in [6, 6.07) is 5.88. The van der Waals surface area contributed by atoms with Gasteiger partial charge in [-0.2, -0.15) is 5.10 Å². The summed E-state index contributed by atoms with van der Waals surface area (Å²) < 4.78 is 2.68. The number of halogens is 2. The minimum atomic E-state index is 0.0187. The van der Waals surface area contributed by atoms with E-state index in [0.29, 0.717) is 5.02 Å². The number of nitrogens with two attached hydrogens (primary N) is 1. The van der Waals surface area contributed by atoms with Gasteiger partial charge in [-0.15, -0.1) is 0 Å². The van der Waals surface area contributed by atoms with Crippen LogP contribution in [0.5, 0.6) is 0 Å². The van der Waals surface area contributed by atoms with Crippen molar-refractivity contribution in [2.75, 3.05) is 0 Å². The van der Waals surface area contributed by atoms with Crippen molar-refractivity contribution in [1.82, 2.24) is 15.2 Å². The molecule has 0 saturated carbocycles. The van der Waals surface area contributed by atoms with Crippen LogP contribution >= 0.6 is 27.5 Å². The average molecular weight is 344 g/mol. The molecule has 0 aliphatic rings. The van der Waals surface area contributed by atoms with Crippen LogP contribution in [0.2, 0.25) is 5.02 Å². The van der Waals surface area contributed by atoms with Gasteiger partial charge in [0, 0.05) is 23.8 Å². The third kappa shape index (κ3) is 3.57. The first-order chi connectivity index (χ1) is 9.11. The highest BCUT2D eigenvalue weighted by atomic mass is 79.9. The van der Waals surface area contributed by atoms with Gasteiger partial charge in [0.15, 0.2) is 0 Å². The summed E-state index contributed by atoms with van der Waals surface area (Å²) in [7, 11) is 1.91. The molecule has 0 saturated heterocycles. The van der Waals surface area contributed by atoms with Gasteiger partial charge in [-0.05, 0) is 46.0 Å². The molecule has 1 aromatic heterocycles. The summed E-state index contributed by atoms with van der Waals surface area (Å²) in [5, 5.41) is 4.86. The molecule has 0 bridgehead atoms. The van der Waals surface area contributed by atoms with Gasteiger partial charge in [0.1, 0.15) is 0 Å². The standard InChI is InChI=1S/C13H16BrClN4/c1-19-8-9(7-17-19)5-6-12(18-16)10-3-2-4-11(14)13(10)15/h2-4,7-8,12,18H,5-6,16H2,1H3. The molecule has 3 N–H and O–H groups in total. The lowest BCUT2D eigenvalue weighted by Gasteiger charge is -2.18. The monoisotopic (exact) mass is 342 g/mol. The fraction of sp³-hybridized carbons (Fsp3) is 0.308. The normalized spacial score (nSPS) is 12.6. The van der Waals surface area contributed by atoms with E-state index in [1.165, 1.54) is 5.56 Å². The topological polar surface area (TPSA) is 55.9 Å². The Morgan fingerprint density at radius 2 is 2.32 bits per heavy atom. The molecule has 1 heterocycles. The maximum absolute atomic E-state index is 6.29. The molecule has 1 atom stereocenters. The van der Waals surface area contributed by atoms with Crippen LogP contribution in [-0.2, 0) is 13.5 Å². The molecule has 0 spiro atoms. The SMILES string of the molecule is Cn1cc(CCC(NN)c2cccc(Br)c2Cl)cn1. The van der Waals surface area contributed by atoms with Crippen LogP contribution in [-0.4, -0.2) is 9.78 Å². The zero-order chi connectivity index (χ0) is 13.8. The Morgan fingerprint density at radius 3 is 2.95 bits per heavy atom. The molecule has 0 aliphatic heterocycles. The summed E-state index contributed by atoms with van der Waals surface area (Å²) in [6.45, 7) is 0. The van der Waals surface area contributed by atoms with Gasteiger partial charge in [0.2, 0.25) is 0 Å². The first-order valence-corrected chi connectivity index (χ1v) is 7.16. The van der Waals surface area contributed by atoms with Crippen LogP contribution in [0.25, 0.3) is 0 Å². The number of hydrazine groups is 1. The lowest BCUT2D eigenvalue weighted by atomic mass is 10.0. The second kappa shape index (κ2) is 6.52. The maximum atomic E-state index is 6.29. The predicted molar refractivity (Wildman–Crippen MR) is 80.7 cm³/mol. The maximum Gasteiger partial charge on any atom is 0.0596 e. The van der Waals surface area contributed by atoms with Crippen molar-refractivity contribution < 1.29 is 0 Å². The van der Waals surface area contributed by atoms with Crippen LogP contribution in [0.1, 0.15) is 23.6 Å². The van der Waals surface area contributed by atoms with Crippen molar-refractivity contribution in [1.29, 1.82) is 0 Å². The van der Waals surface area contributed by atoms with Gasteiger partial charge >= 0.3 is 0 Å². The highest BCUT2D eigenvalue weighted by molar-refractivity contribution is 9.10. The van der Waals surface area contributed by atoms with E-state index >= 15 is 0 Å². The number of nitrogens with zero attached hydrogens (tertiary/aromatic N) is 2. The van der Waals surface area contributed by atoms with Gasteiger partial charge in [0.25, 0.3) is 0 Å². The summed E-state index contributed by atoms with van der Waals surface area (Å²) in [5.74, 6) is 5.65. The summed E-state index contributed by atoms with van der Waals surface area (Å²) in [4.78, 5) is 0. The zero-order valence-corrected chi connectivity index (χ0v) is 12.9. The minimum Gasteiger partial charge on any atom is -0.276 e. The molecular formula is C13H16BrClN4. The molecule has 6 heteroatoms. The molecule has 102 valence electrons. The van der Waals surface area contributed by atoms with E-state index in [1.54, 1.807) is 4.68 Å². The summed E-state index contributed by atoms with van der Waals surface area (Å²) in [6.07, 6.45) is 5.64. The van der Waals surface area contributed by atoms with E-state index in [9.17, 15) is 0 Å². The van der Waals surface area contributed by atoms with Crippen molar-refractivity contribution in [3.8, 4) is 0 Å². The molecule has 0 aliphatic carbocycles. The Kier molecular flexibility index (Phi) is 4.99. The first-order valence-electron chi connectivity index (χ1n) is 5.99. The first kappa shape index (κ1) is 14.5. The molecule has 0 fully saturated rings. The van der Waals surface area contributed by atoms with Crippen LogP contribution in [0.4, 0.5) is 0 Å². The number of benzene rings is 1. The molecule has 2 rings (SSSR count). The minimum absolute atomic E-state index is 0.0187. The number of aryl methyl sites for hydroxylation is 2. The second-order valence-electron chi connectivity index (χ2n) is 4.42. The molecule has 19 heavy (non-hydrogen) atoms. The number of rotatable bonds is 5. The number of nitrogens with one attached hydrogen (secondary N) is 1. The molecule has 1 aromatic carbocycles. The predicted octanol–water partition coefficient (Wildman–Crippen LogP) is 2.97. The Balaban J connectivity index is 2.09. The van der Waals surface area contributed by atoms with Crippen molar-refractivity contribution in [3.05, 3.63) is 51.2 Å². The third-order valence-corrected chi connectivity index (χ3v) is 4.35. The van der Waals surface area contributed by atoms with Crippen LogP contribution in [0.3, 0.4) is 0 Å². The van der Waals surface area contributed by atoms with Crippen LogP contribution < -0.4 is 11.3 Å².